The summed E-state index contributed by atoms with van der Waals surface area (Å²) in [6, 6.07) is 17.0. The zero-order chi connectivity index (χ0) is 20.8. The van der Waals surface area contributed by atoms with Crippen molar-refractivity contribution < 1.29 is 9.59 Å². The Morgan fingerprint density at radius 3 is 2.55 bits per heavy atom. The third-order valence-corrected chi connectivity index (χ3v) is 5.89. The molecule has 0 bridgehead atoms. The second-order valence-corrected chi connectivity index (χ2v) is 8.02. The van der Waals surface area contributed by atoms with Crippen molar-refractivity contribution in [2.24, 2.45) is 0 Å². The maximum absolute atomic E-state index is 12.3. The first-order valence-electron chi connectivity index (χ1n) is 9.21. The molecular weight excluding hydrogens is 406 g/mol. The predicted molar refractivity (Wildman–Crippen MR) is 116 cm³/mol. The number of nitriles is 1. The summed E-state index contributed by atoms with van der Waals surface area (Å²) in [5, 5.41) is 16.3. The summed E-state index contributed by atoms with van der Waals surface area (Å²) in [4.78, 5) is 24.5. The van der Waals surface area contributed by atoms with Gasteiger partial charge in [-0.25, -0.2) is 0 Å². The van der Waals surface area contributed by atoms with Crippen LogP contribution in [0.2, 0.25) is 5.02 Å². The van der Waals surface area contributed by atoms with Gasteiger partial charge in [0.1, 0.15) is 0 Å². The number of hydrogen-bond acceptors (Lipinski definition) is 4. The van der Waals surface area contributed by atoms with Crippen LogP contribution < -0.4 is 10.6 Å². The van der Waals surface area contributed by atoms with Crippen LogP contribution in [0.25, 0.3) is 0 Å². The number of rotatable bonds is 6. The van der Waals surface area contributed by atoms with Crippen LogP contribution in [0.3, 0.4) is 0 Å². The van der Waals surface area contributed by atoms with Crippen LogP contribution in [-0.2, 0) is 16.0 Å². The van der Waals surface area contributed by atoms with Crippen LogP contribution in [-0.4, -0.2) is 17.6 Å². The molecule has 0 saturated carbocycles. The van der Waals surface area contributed by atoms with Crippen molar-refractivity contribution in [2.45, 2.75) is 25.7 Å². The Bertz CT molecular complexity index is 979. The number of benzene rings is 2. The van der Waals surface area contributed by atoms with Gasteiger partial charge in [-0.15, -0.1) is 0 Å². The normalized spacial score (nSPS) is 16.2. The molecule has 1 atom stereocenters. The number of anilines is 1. The third-order valence-electron chi connectivity index (χ3n) is 4.62. The molecule has 0 aliphatic carbocycles. The standard InChI is InChI=1S/C22H20ClN3O2S/c1-2-14-3-9-17(10-4-14)25-21(28)13-29-22-19(12-24)18(11-20(27)26-22)15-5-7-16(23)8-6-15/h3-10,18H,2,11,13H2,1H3,(H,25,28)(H,26,27). The molecule has 148 valence electrons. The fourth-order valence-corrected chi connectivity index (χ4v) is 4.07. The van der Waals surface area contributed by atoms with Gasteiger partial charge in [0.2, 0.25) is 11.8 Å². The Hall–Kier alpha value is -2.75. The van der Waals surface area contributed by atoms with Gasteiger partial charge in [-0.05, 0) is 41.8 Å². The van der Waals surface area contributed by atoms with E-state index in [9.17, 15) is 14.9 Å². The number of thioether (sulfide) groups is 1. The Morgan fingerprint density at radius 1 is 1.24 bits per heavy atom. The van der Waals surface area contributed by atoms with Gasteiger partial charge in [0.05, 0.1) is 22.4 Å². The molecule has 0 aromatic heterocycles. The highest BCUT2D eigenvalue weighted by molar-refractivity contribution is 8.03. The third kappa shape index (κ3) is 5.41. The van der Waals surface area contributed by atoms with E-state index in [4.69, 9.17) is 11.6 Å². The van der Waals surface area contributed by atoms with Crippen LogP contribution in [0.4, 0.5) is 5.69 Å². The number of halogens is 1. The summed E-state index contributed by atoms with van der Waals surface area (Å²) in [7, 11) is 0. The number of carbonyl (C=O) groups excluding carboxylic acids is 2. The van der Waals surface area contributed by atoms with Crippen molar-refractivity contribution in [1.82, 2.24) is 5.32 Å². The molecule has 0 fully saturated rings. The highest BCUT2D eigenvalue weighted by Gasteiger charge is 2.29. The molecule has 2 aromatic rings. The van der Waals surface area contributed by atoms with Gasteiger partial charge in [0, 0.05) is 23.0 Å². The van der Waals surface area contributed by atoms with Crippen molar-refractivity contribution in [3.63, 3.8) is 0 Å². The molecule has 29 heavy (non-hydrogen) atoms. The first-order chi connectivity index (χ1) is 14.0. The highest BCUT2D eigenvalue weighted by atomic mass is 35.5. The Labute approximate surface area is 179 Å². The van der Waals surface area contributed by atoms with E-state index < -0.39 is 0 Å². The smallest absolute Gasteiger partial charge is 0.234 e. The fraction of sp³-hybridized carbons (Fsp3) is 0.227. The number of aryl methyl sites for hydroxylation is 1. The van der Waals surface area contributed by atoms with E-state index in [1.165, 1.54) is 5.56 Å². The minimum Gasteiger partial charge on any atom is -0.325 e. The van der Waals surface area contributed by atoms with E-state index in [0.717, 1.165) is 23.7 Å². The number of hydrogen-bond donors (Lipinski definition) is 2. The monoisotopic (exact) mass is 425 g/mol. The summed E-state index contributed by atoms with van der Waals surface area (Å²) in [6.07, 6.45) is 1.12. The Balaban J connectivity index is 1.71. The first-order valence-corrected chi connectivity index (χ1v) is 10.6. The van der Waals surface area contributed by atoms with Crippen molar-refractivity contribution in [1.29, 1.82) is 5.26 Å². The van der Waals surface area contributed by atoms with Gasteiger partial charge in [0.15, 0.2) is 0 Å². The van der Waals surface area contributed by atoms with Gasteiger partial charge < -0.3 is 10.6 Å². The van der Waals surface area contributed by atoms with Crippen molar-refractivity contribution in [3.05, 3.63) is 75.3 Å². The average molecular weight is 426 g/mol. The van der Waals surface area contributed by atoms with Gasteiger partial charge in [-0.3, -0.25) is 9.59 Å². The van der Waals surface area contributed by atoms with Crippen LogP contribution in [0, 0.1) is 11.3 Å². The molecule has 1 aliphatic rings. The zero-order valence-corrected chi connectivity index (χ0v) is 17.4. The molecular formula is C22H20ClN3O2S. The molecule has 2 amide bonds. The molecule has 1 aliphatic heterocycles. The SMILES string of the molecule is CCc1ccc(NC(=O)CSC2=C(C#N)C(c3ccc(Cl)cc3)CC(=O)N2)cc1. The Kier molecular flexibility index (Phi) is 6.97. The van der Waals surface area contributed by atoms with Crippen molar-refractivity contribution in [3.8, 4) is 6.07 Å². The van der Waals surface area contributed by atoms with E-state index in [2.05, 4.69) is 23.6 Å². The van der Waals surface area contributed by atoms with E-state index in [1.807, 2.05) is 36.4 Å². The van der Waals surface area contributed by atoms with E-state index in [0.29, 0.717) is 21.3 Å². The number of nitrogens with zero attached hydrogens (tertiary/aromatic N) is 1. The zero-order valence-electron chi connectivity index (χ0n) is 15.9. The molecule has 0 radical (unpaired) electrons. The van der Waals surface area contributed by atoms with Crippen molar-refractivity contribution >= 4 is 40.9 Å². The Morgan fingerprint density at radius 2 is 1.93 bits per heavy atom. The molecule has 5 nitrogen and oxygen atoms in total. The summed E-state index contributed by atoms with van der Waals surface area (Å²) in [6.45, 7) is 2.07. The summed E-state index contributed by atoms with van der Waals surface area (Å²) >= 11 is 7.10. The lowest BCUT2D eigenvalue weighted by atomic mass is 9.87. The lowest BCUT2D eigenvalue weighted by molar-refractivity contribution is -0.121. The molecule has 0 spiro atoms. The maximum atomic E-state index is 12.3. The highest BCUT2D eigenvalue weighted by Crippen LogP contribution is 2.36. The van der Waals surface area contributed by atoms with Gasteiger partial charge in [-0.1, -0.05) is 54.6 Å². The molecule has 3 rings (SSSR count). The van der Waals surface area contributed by atoms with Gasteiger partial charge in [0.25, 0.3) is 0 Å². The quantitative estimate of drug-likeness (QED) is 0.707. The summed E-state index contributed by atoms with van der Waals surface area (Å²) in [5.41, 5.74) is 3.21. The fourth-order valence-electron chi connectivity index (χ4n) is 3.07. The first kappa shape index (κ1) is 21.0. The maximum Gasteiger partial charge on any atom is 0.234 e. The topological polar surface area (TPSA) is 82.0 Å². The van der Waals surface area contributed by atoms with E-state index >= 15 is 0 Å². The predicted octanol–water partition coefficient (Wildman–Crippen LogP) is 4.61. The molecule has 2 aromatic carbocycles. The van der Waals surface area contributed by atoms with Crippen LogP contribution in [0.15, 0.2) is 59.1 Å². The lowest BCUT2D eigenvalue weighted by Crippen LogP contribution is -2.31. The lowest BCUT2D eigenvalue weighted by Gasteiger charge is -2.25. The van der Waals surface area contributed by atoms with Gasteiger partial charge in [-0.2, -0.15) is 5.26 Å². The number of allylic oxidation sites excluding steroid dienone is 1. The summed E-state index contributed by atoms with van der Waals surface area (Å²) < 4.78 is 0. The van der Waals surface area contributed by atoms with Crippen molar-refractivity contribution in [2.75, 3.05) is 11.1 Å². The molecule has 1 heterocycles. The molecule has 2 N–H and O–H groups in total. The summed E-state index contributed by atoms with van der Waals surface area (Å²) in [5.74, 6) is -0.643. The van der Waals surface area contributed by atoms with Gasteiger partial charge >= 0.3 is 0 Å². The van der Waals surface area contributed by atoms with Crippen LogP contribution in [0.5, 0.6) is 0 Å². The van der Waals surface area contributed by atoms with Crippen LogP contribution in [0.1, 0.15) is 30.4 Å². The number of amides is 2. The number of nitrogens with one attached hydrogen (secondary N) is 2. The minimum atomic E-state index is -0.349. The van der Waals surface area contributed by atoms with E-state index in [-0.39, 0.29) is 29.9 Å². The minimum absolute atomic E-state index is 0.0870. The molecule has 1 unspecified atom stereocenters. The number of carbonyl (C=O) groups is 2. The second kappa shape index (κ2) is 9.64. The average Bonchev–Trinajstić information content (AvgIpc) is 2.73. The van der Waals surface area contributed by atoms with Crippen LogP contribution >= 0.6 is 23.4 Å². The molecule has 7 heteroatoms. The molecule has 0 saturated heterocycles. The largest absolute Gasteiger partial charge is 0.325 e. The van der Waals surface area contributed by atoms with E-state index in [1.54, 1.807) is 12.1 Å². The second-order valence-electron chi connectivity index (χ2n) is 6.60.